The lowest BCUT2D eigenvalue weighted by Gasteiger charge is -2.13. The zero-order valence-corrected chi connectivity index (χ0v) is 12.9. The average molecular weight is 296 g/mol. The van der Waals surface area contributed by atoms with Gasteiger partial charge >= 0.3 is 0 Å². The molecule has 2 N–H and O–H groups in total. The lowest BCUT2D eigenvalue weighted by atomic mass is 10.1. The highest BCUT2D eigenvalue weighted by Gasteiger charge is 2.08. The zero-order valence-electron chi connectivity index (χ0n) is 12.9. The summed E-state index contributed by atoms with van der Waals surface area (Å²) in [6.07, 6.45) is 1.72. The molecule has 114 valence electrons. The van der Waals surface area contributed by atoms with Crippen molar-refractivity contribution >= 4 is 10.8 Å². The molecule has 3 aromatic rings. The fraction of sp³-hybridized carbons (Fsp3) is 0.263. The quantitative estimate of drug-likeness (QED) is 0.727. The molecule has 3 nitrogen and oxygen atoms in total. The lowest BCUT2D eigenvalue weighted by molar-refractivity contribution is -0.677. The van der Waals surface area contributed by atoms with Gasteiger partial charge in [0.05, 0.1) is 19.4 Å². The summed E-state index contributed by atoms with van der Waals surface area (Å²) in [6, 6.07) is 18.5. The Hall–Kier alpha value is -2.26. The van der Waals surface area contributed by atoms with E-state index in [1.54, 1.807) is 6.26 Å². The van der Waals surface area contributed by atoms with Crippen LogP contribution >= 0.6 is 0 Å². The maximum atomic E-state index is 6.03. The second-order valence-corrected chi connectivity index (χ2v) is 5.70. The third kappa shape index (κ3) is 3.68. The van der Waals surface area contributed by atoms with Crippen molar-refractivity contribution in [2.75, 3.05) is 13.2 Å². The number of ether oxygens (including phenoxy) is 1. The summed E-state index contributed by atoms with van der Waals surface area (Å²) in [4.78, 5) is 0. The van der Waals surface area contributed by atoms with Crippen molar-refractivity contribution in [2.24, 2.45) is 5.92 Å². The van der Waals surface area contributed by atoms with Crippen molar-refractivity contribution in [1.29, 1.82) is 0 Å². The molecule has 2 aromatic carbocycles. The van der Waals surface area contributed by atoms with E-state index in [1.807, 2.05) is 24.3 Å². The van der Waals surface area contributed by atoms with E-state index in [9.17, 15) is 0 Å². The standard InChI is InChI=1S/C19H21NO2/c1-15(12-20-13-17-8-5-11-21-17)14-22-19-10-4-7-16-6-2-3-9-18(16)19/h2-11,15,20H,12-14H2,1H3/p+1/t15-/m0/s1. The smallest absolute Gasteiger partial charge is 0.157 e. The summed E-state index contributed by atoms with van der Waals surface area (Å²) in [5, 5.41) is 4.66. The monoisotopic (exact) mass is 296 g/mol. The van der Waals surface area contributed by atoms with Gasteiger partial charge in [0.1, 0.15) is 12.3 Å². The molecule has 0 saturated carbocycles. The predicted octanol–water partition coefficient (Wildman–Crippen LogP) is 3.21. The van der Waals surface area contributed by atoms with Crippen molar-refractivity contribution in [1.82, 2.24) is 0 Å². The molecule has 0 amide bonds. The van der Waals surface area contributed by atoms with Gasteiger partial charge in [-0.15, -0.1) is 0 Å². The van der Waals surface area contributed by atoms with E-state index in [1.165, 1.54) is 10.8 Å². The third-order valence-electron chi connectivity index (χ3n) is 3.77. The first kappa shape index (κ1) is 14.7. The molecule has 0 bridgehead atoms. The highest BCUT2D eigenvalue weighted by Crippen LogP contribution is 2.25. The summed E-state index contributed by atoms with van der Waals surface area (Å²) in [6.45, 7) is 4.84. The Kier molecular flexibility index (Phi) is 4.76. The molecule has 0 spiro atoms. The number of hydrogen-bond donors (Lipinski definition) is 1. The van der Waals surface area contributed by atoms with Gasteiger partial charge in [0.25, 0.3) is 0 Å². The molecule has 0 radical (unpaired) electrons. The van der Waals surface area contributed by atoms with Gasteiger partial charge in [0.2, 0.25) is 0 Å². The molecule has 3 heteroatoms. The number of quaternary nitrogens is 1. The minimum Gasteiger partial charge on any atom is -0.492 e. The SMILES string of the molecule is C[C@@H](C[NH2+]Cc1ccco1)COc1cccc2ccccc12. The number of benzene rings is 2. The van der Waals surface area contributed by atoms with Gasteiger partial charge in [-0.1, -0.05) is 43.3 Å². The molecule has 0 saturated heterocycles. The van der Waals surface area contributed by atoms with Crippen LogP contribution < -0.4 is 10.1 Å². The van der Waals surface area contributed by atoms with E-state index in [4.69, 9.17) is 9.15 Å². The normalized spacial score (nSPS) is 12.4. The second kappa shape index (κ2) is 7.14. The minimum atomic E-state index is 0.480. The highest BCUT2D eigenvalue weighted by atomic mass is 16.5. The summed E-state index contributed by atoms with van der Waals surface area (Å²) in [7, 11) is 0. The first-order valence-electron chi connectivity index (χ1n) is 7.77. The van der Waals surface area contributed by atoms with E-state index >= 15 is 0 Å². The number of furan rings is 1. The highest BCUT2D eigenvalue weighted by molar-refractivity contribution is 5.88. The Balaban J connectivity index is 1.50. The Bertz CT molecular complexity index is 701. The van der Waals surface area contributed by atoms with Crippen LogP contribution in [-0.4, -0.2) is 13.2 Å². The maximum Gasteiger partial charge on any atom is 0.157 e. The molecule has 1 heterocycles. The number of rotatable bonds is 7. The maximum absolute atomic E-state index is 6.03. The predicted molar refractivity (Wildman–Crippen MR) is 87.8 cm³/mol. The molecule has 0 aliphatic carbocycles. The van der Waals surface area contributed by atoms with Gasteiger partial charge in [-0.2, -0.15) is 0 Å². The van der Waals surface area contributed by atoms with Crippen LogP contribution in [0.4, 0.5) is 0 Å². The minimum absolute atomic E-state index is 0.480. The van der Waals surface area contributed by atoms with Crippen molar-refractivity contribution in [3.05, 3.63) is 66.6 Å². The topological polar surface area (TPSA) is 39.0 Å². The van der Waals surface area contributed by atoms with E-state index in [-0.39, 0.29) is 0 Å². The zero-order chi connectivity index (χ0) is 15.2. The molecular weight excluding hydrogens is 274 g/mol. The molecule has 1 aromatic heterocycles. The van der Waals surface area contributed by atoms with Gasteiger partial charge in [0, 0.05) is 11.3 Å². The van der Waals surface area contributed by atoms with Crippen LogP contribution in [0.5, 0.6) is 5.75 Å². The van der Waals surface area contributed by atoms with Crippen LogP contribution in [0.3, 0.4) is 0 Å². The Morgan fingerprint density at radius 3 is 2.77 bits per heavy atom. The van der Waals surface area contributed by atoms with Gasteiger partial charge < -0.3 is 14.5 Å². The van der Waals surface area contributed by atoms with E-state index in [0.717, 1.165) is 31.2 Å². The van der Waals surface area contributed by atoms with Crippen LogP contribution in [0.1, 0.15) is 12.7 Å². The summed E-state index contributed by atoms with van der Waals surface area (Å²) in [5.74, 6) is 2.46. The largest absolute Gasteiger partial charge is 0.492 e. The molecule has 0 fully saturated rings. The Morgan fingerprint density at radius 1 is 1.05 bits per heavy atom. The number of fused-ring (bicyclic) bond motifs is 1. The first-order chi connectivity index (χ1) is 10.8. The fourth-order valence-electron chi connectivity index (χ4n) is 2.56. The van der Waals surface area contributed by atoms with E-state index < -0.39 is 0 Å². The fourth-order valence-corrected chi connectivity index (χ4v) is 2.56. The molecule has 3 rings (SSSR count). The number of hydrogen-bond acceptors (Lipinski definition) is 2. The Labute approximate surface area is 130 Å². The van der Waals surface area contributed by atoms with Crippen molar-refractivity contribution in [3.8, 4) is 5.75 Å². The summed E-state index contributed by atoms with van der Waals surface area (Å²) < 4.78 is 11.4. The van der Waals surface area contributed by atoms with E-state index in [0.29, 0.717) is 5.92 Å². The lowest BCUT2D eigenvalue weighted by Crippen LogP contribution is -2.84. The molecule has 0 aliphatic heterocycles. The first-order valence-corrected chi connectivity index (χ1v) is 7.77. The van der Waals surface area contributed by atoms with Gasteiger partial charge in [0.15, 0.2) is 5.76 Å². The van der Waals surface area contributed by atoms with Crippen molar-refractivity contribution in [3.63, 3.8) is 0 Å². The van der Waals surface area contributed by atoms with Gasteiger partial charge in [-0.3, -0.25) is 0 Å². The summed E-state index contributed by atoms with van der Waals surface area (Å²) >= 11 is 0. The van der Waals surface area contributed by atoms with Crippen molar-refractivity contribution < 1.29 is 14.5 Å². The van der Waals surface area contributed by atoms with Crippen LogP contribution in [-0.2, 0) is 6.54 Å². The molecule has 0 aliphatic rings. The third-order valence-corrected chi connectivity index (χ3v) is 3.77. The van der Waals surface area contributed by atoms with Gasteiger partial charge in [-0.25, -0.2) is 0 Å². The summed E-state index contributed by atoms with van der Waals surface area (Å²) in [5.41, 5.74) is 0. The second-order valence-electron chi connectivity index (χ2n) is 5.70. The van der Waals surface area contributed by atoms with Crippen LogP contribution in [0.2, 0.25) is 0 Å². The molecule has 1 atom stereocenters. The van der Waals surface area contributed by atoms with Crippen LogP contribution in [0.15, 0.2) is 65.3 Å². The van der Waals surface area contributed by atoms with Crippen LogP contribution in [0, 0.1) is 5.92 Å². The molecule has 22 heavy (non-hydrogen) atoms. The number of nitrogens with two attached hydrogens (primary N) is 1. The Morgan fingerprint density at radius 2 is 1.91 bits per heavy atom. The van der Waals surface area contributed by atoms with Crippen molar-refractivity contribution in [2.45, 2.75) is 13.5 Å². The van der Waals surface area contributed by atoms with E-state index in [2.05, 4.69) is 42.6 Å². The van der Waals surface area contributed by atoms with Gasteiger partial charge in [-0.05, 0) is 23.6 Å². The van der Waals surface area contributed by atoms with Crippen LogP contribution in [0.25, 0.3) is 10.8 Å². The average Bonchev–Trinajstić information content (AvgIpc) is 3.06. The molecular formula is C19H22NO2+. The molecule has 0 unspecified atom stereocenters.